The van der Waals surface area contributed by atoms with Gasteiger partial charge in [-0.2, -0.15) is 12.7 Å². The highest BCUT2D eigenvalue weighted by Crippen LogP contribution is 2.22. The van der Waals surface area contributed by atoms with E-state index >= 15 is 0 Å². The highest BCUT2D eigenvalue weighted by atomic mass is 32.2. The van der Waals surface area contributed by atoms with E-state index in [-0.39, 0.29) is 0 Å². The zero-order valence-corrected chi connectivity index (χ0v) is 13.5. The van der Waals surface area contributed by atoms with Gasteiger partial charge in [0.2, 0.25) is 0 Å². The molecule has 0 bridgehead atoms. The molecule has 1 aliphatic rings. The number of nitrogens with one attached hydrogen (secondary N) is 2. The fourth-order valence-corrected chi connectivity index (χ4v) is 3.89. The van der Waals surface area contributed by atoms with Crippen molar-refractivity contribution in [3.8, 4) is 0 Å². The maximum absolute atomic E-state index is 12.1. The summed E-state index contributed by atoms with van der Waals surface area (Å²) in [6, 6.07) is 0.471. The number of nitrogens with zero attached hydrogens (tertiary/aromatic N) is 1. The first-order valence-corrected chi connectivity index (χ1v) is 8.79. The van der Waals surface area contributed by atoms with E-state index in [4.69, 9.17) is 0 Å². The monoisotopic (exact) mass is 291 g/mol. The van der Waals surface area contributed by atoms with Crippen molar-refractivity contribution < 1.29 is 8.42 Å². The van der Waals surface area contributed by atoms with Gasteiger partial charge in [-0.05, 0) is 38.1 Å². The molecule has 0 saturated carbocycles. The molecular formula is C13H29N3O2S. The van der Waals surface area contributed by atoms with E-state index < -0.39 is 10.2 Å². The van der Waals surface area contributed by atoms with Gasteiger partial charge in [0.1, 0.15) is 0 Å². The van der Waals surface area contributed by atoms with E-state index in [0.717, 1.165) is 19.4 Å². The Kier molecular flexibility index (Phi) is 6.73. The van der Waals surface area contributed by atoms with Gasteiger partial charge in [0.25, 0.3) is 10.2 Å². The lowest BCUT2D eigenvalue weighted by Crippen LogP contribution is -2.48. The molecule has 19 heavy (non-hydrogen) atoms. The smallest absolute Gasteiger partial charge is 0.279 e. The molecule has 0 radical (unpaired) electrons. The summed E-state index contributed by atoms with van der Waals surface area (Å²) in [5, 5.41) is 3.43. The van der Waals surface area contributed by atoms with E-state index in [9.17, 15) is 8.42 Å². The van der Waals surface area contributed by atoms with Gasteiger partial charge in [0.05, 0.1) is 0 Å². The molecule has 0 aromatic heterocycles. The molecule has 5 nitrogen and oxygen atoms in total. The van der Waals surface area contributed by atoms with Crippen LogP contribution in [0.5, 0.6) is 0 Å². The fourth-order valence-electron chi connectivity index (χ4n) is 2.47. The number of hydrogen-bond donors (Lipinski definition) is 2. The minimum Gasteiger partial charge on any atom is -0.314 e. The van der Waals surface area contributed by atoms with E-state index in [1.54, 1.807) is 4.31 Å². The third-order valence-electron chi connectivity index (χ3n) is 3.75. The van der Waals surface area contributed by atoms with Crippen molar-refractivity contribution >= 4 is 10.2 Å². The van der Waals surface area contributed by atoms with Crippen LogP contribution in [0, 0.1) is 11.8 Å². The molecule has 0 spiro atoms. The second-order valence-electron chi connectivity index (χ2n) is 5.83. The van der Waals surface area contributed by atoms with Crippen molar-refractivity contribution in [2.24, 2.45) is 11.8 Å². The molecule has 6 heteroatoms. The minimum absolute atomic E-state index is 0.334. The third kappa shape index (κ3) is 5.38. The molecule has 0 amide bonds. The predicted molar refractivity (Wildman–Crippen MR) is 79.2 cm³/mol. The van der Waals surface area contributed by atoms with Gasteiger partial charge in [-0.1, -0.05) is 20.8 Å². The molecule has 0 aromatic carbocycles. The zero-order chi connectivity index (χ0) is 14.5. The summed E-state index contributed by atoms with van der Waals surface area (Å²) >= 11 is 0. The van der Waals surface area contributed by atoms with Crippen LogP contribution in [-0.4, -0.2) is 44.9 Å². The predicted octanol–water partition coefficient (Wildman–Crippen LogP) is 1.19. The van der Waals surface area contributed by atoms with Gasteiger partial charge in [0.15, 0.2) is 0 Å². The van der Waals surface area contributed by atoms with E-state index in [2.05, 4.69) is 23.9 Å². The first-order chi connectivity index (χ1) is 8.86. The summed E-state index contributed by atoms with van der Waals surface area (Å²) in [6.45, 7) is 11.0. The molecule has 1 atom stereocenters. The first-order valence-electron chi connectivity index (χ1n) is 7.35. The Morgan fingerprint density at radius 2 is 1.79 bits per heavy atom. The Morgan fingerprint density at radius 3 is 2.26 bits per heavy atom. The Balaban J connectivity index is 2.44. The van der Waals surface area contributed by atoms with Crippen LogP contribution in [0.4, 0.5) is 0 Å². The van der Waals surface area contributed by atoms with Crippen LogP contribution in [0.3, 0.4) is 0 Å². The average Bonchev–Trinajstić information content (AvgIpc) is 2.37. The van der Waals surface area contributed by atoms with Crippen LogP contribution in [0.2, 0.25) is 0 Å². The maximum Gasteiger partial charge on any atom is 0.279 e. The van der Waals surface area contributed by atoms with Crippen LogP contribution in [0.25, 0.3) is 0 Å². The lowest BCUT2D eigenvalue weighted by Gasteiger charge is -2.34. The first kappa shape index (κ1) is 16.9. The van der Waals surface area contributed by atoms with Crippen molar-refractivity contribution in [3.05, 3.63) is 0 Å². The Labute approximate surface area is 118 Å². The molecule has 114 valence electrons. The SMILES string of the molecule is CCNC(C)C1CCN(S(=O)(=O)NCC(C)C)CC1. The quantitative estimate of drug-likeness (QED) is 0.740. The molecule has 1 fully saturated rings. The van der Waals surface area contributed by atoms with Crippen LogP contribution in [0.1, 0.15) is 40.5 Å². The summed E-state index contributed by atoms with van der Waals surface area (Å²) < 4.78 is 28.5. The molecule has 0 aliphatic carbocycles. The second kappa shape index (κ2) is 7.57. The van der Waals surface area contributed by atoms with E-state index in [1.807, 2.05) is 13.8 Å². The average molecular weight is 291 g/mol. The fraction of sp³-hybridized carbons (Fsp3) is 1.00. The van der Waals surface area contributed by atoms with Crippen molar-refractivity contribution in [1.82, 2.24) is 14.3 Å². The Hall–Kier alpha value is -0.170. The van der Waals surface area contributed by atoms with Crippen LogP contribution in [0.15, 0.2) is 0 Å². The summed E-state index contributed by atoms with van der Waals surface area (Å²) in [7, 11) is -3.28. The summed E-state index contributed by atoms with van der Waals surface area (Å²) in [5.41, 5.74) is 0. The van der Waals surface area contributed by atoms with Crippen LogP contribution >= 0.6 is 0 Å². The summed E-state index contributed by atoms with van der Waals surface area (Å²) in [4.78, 5) is 0. The highest BCUT2D eigenvalue weighted by molar-refractivity contribution is 7.87. The van der Waals surface area contributed by atoms with Crippen molar-refractivity contribution in [3.63, 3.8) is 0 Å². The lowest BCUT2D eigenvalue weighted by molar-refractivity contribution is 0.231. The van der Waals surface area contributed by atoms with Crippen molar-refractivity contribution in [2.75, 3.05) is 26.2 Å². The topological polar surface area (TPSA) is 61.4 Å². The molecule has 0 aromatic rings. The van der Waals surface area contributed by atoms with Gasteiger partial charge in [-0.15, -0.1) is 0 Å². The summed E-state index contributed by atoms with van der Waals surface area (Å²) in [6.07, 6.45) is 1.88. The second-order valence-corrected chi connectivity index (χ2v) is 7.59. The normalized spacial score (nSPS) is 20.9. The van der Waals surface area contributed by atoms with Gasteiger partial charge in [-0.3, -0.25) is 0 Å². The van der Waals surface area contributed by atoms with Gasteiger partial charge in [-0.25, -0.2) is 4.72 Å². The van der Waals surface area contributed by atoms with Gasteiger partial charge < -0.3 is 5.32 Å². The number of hydrogen-bond acceptors (Lipinski definition) is 3. The van der Waals surface area contributed by atoms with Crippen LogP contribution < -0.4 is 10.0 Å². The Bertz CT molecular complexity index is 349. The zero-order valence-electron chi connectivity index (χ0n) is 12.6. The summed E-state index contributed by atoms with van der Waals surface area (Å²) in [5.74, 6) is 0.914. The highest BCUT2D eigenvalue weighted by Gasteiger charge is 2.29. The molecular weight excluding hydrogens is 262 g/mol. The molecule has 2 N–H and O–H groups in total. The maximum atomic E-state index is 12.1. The van der Waals surface area contributed by atoms with Crippen molar-refractivity contribution in [1.29, 1.82) is 0 Å². The Morgan fingerprint density at radius 1 is 1.21 bits per heavy atom. The molecule has 1 aliphatic heterocycles. The molecule has 1 saturated heterocycles. The van der Waals surface area contributed by atoms with Gasteiger partial charge >= 0.3 is 0 Å². The van der Waals surface area contributed by atoms with E-state index in [0.29, 0.717) is 37.5 Å². The van der Waals surface area contributed by atoms with E-state index in [1.165, 1.54) is 0 Å². The molecule has 1 rings (SSSR count). The number of rotatable bonds is 7. The third-order valence-corrected chi connectivity index (χ3v) is 5.32. The van der Waals surface area contributed by atoms with Crippen molar-refractivity contribution in [2.45, 2.75) is 46.6 Å². The standard InChI is InChI=1S/C13H29N3O2S/c1-5-14-12(4)13-6-8-16(9-7-13)19(17,18)15-10-11(2)3/h11-15H,5-10H2,1-4H3. The number of piperidine rings is 1. The van der Waals surface area contributed by atoms with Gasteiger partial charge in [0, 0.05) is 25.7 Å². The van der Waals surface area contributed by atoms with Crippen LogP contribution in [-0.2, 0) is 10.2 Å². The minimum atomic E-state index is -3.28. The molecule has 1 heterocycles. The lowest BCUT2D eigenvalue weighted by atomic mass is 9.91. The molecule has 1 unspecified atom stereocenters. The largest absolute Gasteiger partial charge is 0.314 e.